The van der Waals surface area contributed by atoms with Crippen LogP contribution in [-0.4, -0.2) is 16.4 Å². The highest BCUT2D eigenvalue weighted by Crippen LogP contribution is 2.32. The van der Waals surface area contributed by atoms with Crippen molar-refractivity contribution in [1.29, 1.82) is 0 Å². The smallest absolute Gasteiger partial charge is 0.412 e. The predicted octanol–water partition coefficient (Wildman–Crippen LogP) is 6.00. The number of nitrogens with one attached hydrogen (secondary N) is 1. The Kier molecular flexibility index (Phi) is 7.18. The van der Waals surface area contributed by atoms with Crippen molar-refractivity contribution in [2.24, 2.45) is 0 Å². The maximum atomic E-state index is 12.5. The molecule has 0 radical (unpaired) electrons. The largest absolute Gasteiger partial charge is 0.441 e. The Morgan fingerprint density at radius 1 is 1.20 bits per heavy atom. The third-order valence-electron chi connectivity index (χ3n) is 4.56. The van der Waals surface area contributed by atoms with Crippen LogP contribution in [0.5, 0.6) is 0 Å². The van der Waals surface area contributed by atoms with Gasteiger partial charge in [0.05, 0.1) is 0 Å². The van der Waals surface area contributed by atoms with Crippen LogP contribution >= 0.6 is 24.2 Å². The Morgan fingerprint density at radius 3 is 2.57 bits per heavy atom. The molecular weight excluding hydrogens is 424 g/mol. The van der Waals surface area contributed by atoms with Crippen molar-refractivity contribution < 1.29 is 18.8 Å². The highest BCUT2D eigenvalue weighted by molar-refractivity contribution is 7.96. The second kappa shape index (κ2) is 9.82. The summed E-state index contributed by atoms with van der Waals surface area (Å²) >= 11 is 9.95. The molecule has 1 N–H and O–H groups in total. The highest BCUT2D eigenvalue weighted by Gasteiger charge is 2.20. The number of aryl methyl sites for hydroxylation is 2. The summed E-state index contributed by atoms with van der Waals surface area (Å²) in [7, 11) is 0. The van der Waals surface area contributed by atoms with Crippen LogP contribution in [0.4, 0.5) is 10.5 Å². The van der Waals surface area contributed by atoms with Gasteiger partial charge in [0.15, 0.2) is 10.9 Å². The van der Waals surface area contributed by atoms with E-state index in [0.717, 1.165) is 11.1 Å². The van der Waals surface area contributed by atoms with Crippen molar-refractivity contribution in [3.8, 4) is 11.3 Å². The minimum atomic E-state index is -0.640. The number of aromatic nitrogens is 1. The van der Waals surface area contributed by atoms with E-state index in [2.05, 4.69) is 23.1 Å². The van der Waals surface area contributed by atoms with Gasteiger partial charge in [-0.05, 0) is 31.9 Å². The van der Waals surface area contributed by atoms with Gasteiger partial charge >= 0.3 is 6.09 Å². The molecule has 0 saturated carbocycles. The van der Waals surface area contributed by atoms with Crippen molar-refractivity contribution in [3.05, 3.63) is 70.4 Å². The van der Waals surface area contributed by atoms with E-state index in [9.17, 15) is 9.59 Å². The maximum Gasteiger partial charge on any atom is 0.412 e. The summed E-state index contributed by atoms with van der Waals surface area (Å²) in [5.74, 6) is 0.423. The van der Waals surface area contributed by atoms with Crippen molar-refractivity contribution in [2.45, 2.75) is 32.8 Å². The number of hydrogen-bond donors (Lipinski definition) is 2. The minimum Gasteiger partial charge on any atom is -0.441 e. The number of halogens is 1. The Balaban J connectivity index is 1.72. The monoisotopic (exact) mass is 444 g/mol. The average Bonchev–Trinajstić information content (AvgIpc) is 3.07. The Morgan fingerprint density at radius 2 is 1.90 bits per heavy atom. The maximum absolute atomic E-state index is 12.5. The molecule has 2 aromatic carbocycles. The van der Waals surface area contributed by atoms with Crippen LogP contribution in [0.15, 0.2) is 53.1 Å². The first kappa shape index (κ1) is 21.9. The normalized spacial score (nSPS) is 11.7. The number of hydrogen-bond acceptors (Lipinski definition) is 5. The molecule has 0 bridgehead atoms. The topological polar surface area (TPSA) is 81.4 Å². The number of anilines is 1. The van der Waals surface area contributed by atoms with Crippen LogP contribution in [-0.2, 0) is 16.0 Å². The molecule has 156 valence electrons. The number of benzene rings is 2. The molecule has 0 fully saturated rings. The summed E-state index contributed by atoms with van der Waals surface area (Å²) in [5, 5.41) is 7.05. The van der Waals surface area contributed by atoms with E-state index in [1.165, 1.54) is 0 Å². The Labute approximate surface area is 185 Å². The lowest BCUT2D eigenvalue weighted by Crippen LogP contribution is -2.17. The standard InChI is InChI=1S/C22H21ClN2O4S/c1-13-20(24-22(27)28-14(2)17-5-3-4-6-18(17)23)21(29-25-13)16-10-7-15(8-11-16)9-12-19(26)30/h3-8,10-11,14H,9,12H2,1-2H3,(H,24,27)(H,26,30). The predicted molar refractivity (Wildman–Crippen MR) is 119 cm³/mol. The quantitative estimate of drug-likeness (QED) is 0.436. The molecule has 6 nitrogen and oxygen atoms in total. The van der Waals surface area contributed by atoms with E-state index in [1.54, 1.807) is 26.0 Å². The molecule has 1 atom stereocenters. The van der Waals surface area contributed by atoms with Gasteiger partial charge in [-0.3, -0.25) is 10.1 Å². The third kappa shape index (κ3) is 5.43. The first-order valence-corrected chi connectivity index (χ1v) is 10.2. The van der Waals surface area contributed by atoms with Crippen molar-refractivity contribution in [1.82, 2.24) is 5.16 Å². The second-order valence-electron chi connectivity index (χ2n) is 6.76. The van der Waals surface area contributed by atoms with Crippen LogP contribution in [0.2, 0.25) is 5.02 Å². The Hall–Kier alpha value is -2.77. The Bertz CT molecular complexity index is 1050. The number of carbonyl (C=O) groups excluding carboxylic acids is 2. The van der Waals surface area contributed by atoms with Crippen molar-refractivity contribution in [3.63, 3.8) is 0 Å². The SMILES string of the molecule is Cc1noc(-c2ccc(CCC(=O)S)cc2)c1NC(=O)OC(C)c1ccccc1Cl. The van der Waals surface area contributed by atoms with Gasteiger partial charge in [-0.1, -0.05) is 59.2 Å². The summed E-state index contributed by atoms with van der Waals surface area (Å²) in [6.07, 6.45) is -0.198. The van der Waals surface area contributed by atoms with E-state index >= 15 is 0 Å². The molecule has 0 aliphatic rings. The summed E-state index contributed by atoms with van der Waals surface area (Å²) in [6.45, 7) is 3.48. The molecule has 1 unspecified atom stereocenters. The molecule has 0 spiro atoms. The van der Waals surface area contributed by atoms with Gasteiger partial charge < -0.3 is 9.26 Å². The molecule has 0 saturated heterocycles. The van der Waals surface area contributed by atoms with Crippen LogP contribution < -0.4 is 5.32 Å². The van der Waals surface area contributed by atoms with Gasteiger partial charge in [0.1, 0.15) is 17.5 Å². The number of ether oxygens (including phenoxy) is 1. The summed E-state index contributed by atoms with van der Waals surface area (Å²) in [6, 6.07) is 14.7. The number of thiol groups is 1. The fraction of sp³-hybridized carbons (Fsp3) is 0.227. The van der Waals surface area contributed by atoms with Crippen LogP contribution in [0.1, 0.15) is 36.3 Å². The van der Waals surface area contributed by atoms with E-state index in [-0.39, 0.29) is 5.12 Å². The van der Waals surface area contributed by atoms with E-state index in [4.69, 9.17) is 20.9 Å². The lowest BCUT2D eigenvalue weighted by molar-refractivity contribution is -0.110. The summed E-state index contributed by atoms with van der Waals surface area (Å²) in [4.78, 5) is 23.5. The molecule has 0 aliphatic heterocycles. The van der Waals surface area contributed by atoms with E-state index < -0.39 is 12.2 Å². The molecule has 1 aromatic heterocycles. The van der Waals surface area contributed by atoms with Gasteiger partial charge in [-0.15, -0.1) is 12.6 Å². The first-order chi connectivity index (χ1) is 14.3. The lowest BCUT2D eigenvalue weighted by Gasteiger charge is -2.15. The fourth-order valence-corrected chi connectivity index (χ4v) is 3.35. The number of carbonyl (C=O) groups is 2. The first-order valence-electron chi connectivity index (χ1n) is 9.34. The van der Waals surface area contributed by atoms with E-state index in [0.29, 0.717) is 40.6 Å². The summed E-state index contributed by atoms with van der Waals surface area (Å²) in [5.41, 5.74) is 3.42. The number of rotatable bonds is 7. The van der Waals surface area contributed by atoms with Crippen LogP contribution in [0.3, 0.4) is 0 Å². The second-order valence-corrected chi connectivity index (χ2v) is 7.66. The zero-order chi connectivity index (χ0) is 21.7. The minimum absolute atomic E-state index is 0.152. The zero-order valence-electron chi connectivity index (χ0n) is 16.5. The van der Waals surface area contributed by atoms with Gasteiger partial charge in [-0.25, -0.2) is 4.79 Å². The molecular formula is C22H21ClN2O4S. The highest BCUT2D eigenvalue weighted by atomic mass is 35.5. The summed E-state index contributed by atoms with van der Waals surface area (Å²) < 4.78 is 10.9. The fourth-order valence-electron chi connectivity index (χ4n) is 2.95. The van der Waals surface area contributed by atoms with Gasteiger partial charge in [0.2, 0.25) is 0 Å². The van der Waals surface area contributed by atoms with E-state index in [1.807, 2.05) is 36.4 Å². The molecule has 1 heterocycles. The molecule has 1 amide bonds. The van der Waals surface area contributed by atoms with Crippen molar-refractivity contribution >= 4 is 41.1 Å². The van der Waals surface area contributed by atoms with Crippen molar-refractivity contribution in [2.75, 3.05) is 5.32 Å². The van der Waals surface area contributed by atoms with Crippen LogP contribution in [0.25, 0.3) is 11.3 Å². The third-order valence-corrected chi connectivity index (χ3v) is 5.13. The van der Waals surface area contributed by atoms with Crippen LogP contribution in [0, 0.1) is 6.92 Å². The van der Waals surface area contributed by atoms with Gasteiger partial charge in [0.25, 0.3) is 0 Å². The molecule has 3 aromatic rings. The number of amides is 1. The number of nitrogens with zero attached hydrogens (tertiary/aromatic N) is 1. The zero-order valence-corrected chi connectivity index (χ0v) is 18.2. The molecule has 3 rings (SSSR count). The lowest BCUT2D eigenvalue weighted by atomic mass is 10.1. The molecule has 0 aliphatic carbocycles. The van der Waals surface area contributed by atoms with Gasteiger partial charge in [-0.2, -0.15) is 0 Å². The molecule has 8 heteroatoms. The van der Waals surface area contributed by atoms with Gasteiger partial charge in [0, 0.05) is 22.6 Å². The average molecular weight is 445 g/mol. The molecule has 30 heavy (non-hydrogen) atoms.